The Balaban J connectivity index is 2.29. The highest BCUT2D eigenvalue weighted by Gasteiger charge is 2.25. The van der Waals surface area contributed by atoms with Crippen molar-refractivity contribution in [2.45, 2.75) is 40.5 Å². The van der Waals surface area contributed by atoms with E-state index in [1.165, 1.54) is 0 Å². The van der Waals surface area contributed by atoms with E-state index < -0.39 is 0 Å². The summed E-state index contributed by atoms with van der Waals surface area (Å²) in [6.45, 7) is 12.5. The highest BCUT2D eigenvalue weighted by Crippen LogP contribution is 2.20. The summed E-state index contributed by atoms with van der Waals surface area (Å²) in [5.41, 5.74) is 0.0360. The molecule has 5 nitrogen and oxygen atoms in total. The Morgan fingerprint density at radius 3 is 2.20 bits per heavy atom. The van der Waals surface area contributed by atoms with Crippen LogP contribution in [0.4, 0.5) is 0 Å². The Morgan fingerprint density at radius 2 is 1.70 bits per heavy atom. The van der Waals surface area contributed by atoms with Crippen molar-refractivity contribution in [3.05, 3.63) is 0 Å². The van der Waals surface area contributed by atoms with Gasteiger partial charge in [0.15, 0.2) is 0 Å². The van der Waals surface area contributed by atoms with Crippen LogP contribution < -0.4 is 5.32 Å². The lowest BCUT2D eigenvalue weighted by atomic mass is 9.91. The molecule has 1 rings (SSSR count). The number of hydrogen-bond donors (Lipinski definition) is 1. The van der Waals surface area contributed by atoms with Crippen molar-refractivity contribution in [2.24, 2.45) is 5.41 Å². The molecule has 1 fully saturated rings. The fraction of sp³-hybridized carbons (Fsp3) is 0.867. The molecule has 0 unspecified atom stereocenters. The van der Waals surface area contributed by atoms with Crippen molar-refractivity contribution < 1.29 is 9.59 Å². The van der Waals surface area contributed by atoms with E-state index in [1.807, 2.05) is 11.8 Å². The largest absolute Gasteiger partial charge is 0.355 e. The predicted octanol–water partition coefficient (Wildman–Crippen LogP) is 1.09. The lowest BCUT2D eigenvalue weighted by Crippen LogP contribution is -2.51. The topological polar surface area (TPSA) is 52.7 Å². The molecule has 1 aliphatic heterocycles. The predicted molar refractivity (Wildman–Crippen MR) is 80.4 cm³/mol. The number of carbonyl (C=O) groups is 2. The maximum atomic E-state index is 12.1. The van der Waals surface area contributed by atoms with E-state index in [2.05, 4.69) is 31.0 Å². The SMILES string of the molecule is CCCNC(=O)CN1CCN(C(=O)CC(C)(C)C)CC1. The summed E-state index contributed by atoms with van der Waals surface area (Å²) in [6, 6.07) is 0. The van der Waals surface area contributed by atoms with Gasteiger partial charge in [0.1, 0.15) is 0 Å². The van der Waals surface area contributed by atoms with Crippen LogP contribution in [0.25, 0.3) is 0 Å². The zero-order chi connectivity index (χ0) is 15.2. The van der Waals surface area contributed by atoms with Crippen LogP contribution in [0.2, 0.25) is 0 Å². The number of carbonyl (C=O) groups excluding carboxylic acids is 2. The van der Waals surface area contributed by atoms with Gasteiger partial charge in [-0.2, -0.15) is 0 Å². The van der Waals surface area contributed by atoms with Gasteiger partial charge in [-0.1, -0.05) is 27.7 Å². The molecule has 0 aromatic carbocycles. The van der Waals surface area contributed by atoms with E-state index in [0.717, 1.165) is 39.1 Å². The van der Waals surface area contributed by atoms with E-state index in [9.17, 15) is 9.59 Å². The second-order valence-electron chi connectivity index (χ2n) is 6.74. The second-order valence-corrected chi connectivity index (χ2v) is 6.74. The average Bonchev–Trinajstić information content (AvgIpc) is 2.35. The summed E-state index contributed by atoms with van der Waals surface area (Å²) in [5, 5.41) is 2.88. The third-order valence-corrected chi connectivity index (χ3v) is 3.35. The third kappa shape index (κ3) is 6.37. The zero-order valence-electron chi connectivity index (χ0n) is 13.4. The Morgan fingerprint density at radius 1 is 1.10 bits per heavy atom. The van der Waals surface area contributed by atoms with E-state index in [-0.39, 0.29) is 17.2 Å². The summed E-state index contributed by atoms with van der Waals surface area (Å²) in [4.78, 5) is 27.8. The Hall–Kier alpha value is -1.10. The molecule has 2 amide bonds. The first-order valence-electron chi connectivity index (χ1n) is 7.58. The maximum absolute atomic E-state index is 12.1. The second kappa shape index (κ2) is 7.62. The number of nitrogens with one attached hydrogen (secondary N) is 1. The quantitative estimate of drug-likeness (QED) is 0.822. The highest BCUT2D eigenvalue weighted by atomic mass is 16.2. The van der Waals surface area contributed by atoms with Gasteiger partial charge in [-0.25, -0.2) is 0 Å². The first-order chi connectivity index (χ1) is 9.31. The molecule has 0 atom stereocenters. The molecular weight excluding hydrogens is 254 g/mol. The standard InChI is InChI=1S/C15H29N3O2/c1-5-6-16-13(19)12-17-7-9-18(10-8-17)14(20)11-15(2,3)4/h5-12H2,1-4H3,(H,16,19). The van der Waals surface area contributed by atoms with E-state index >= 15 is 0 Å². The number of rotatable bonds is 5. The summed E-state index contributed by atoms with van der Waals surface area (Å²) in [6.07, 6.45) is 1.55. The molecular formula is C15H29N3O2. The molecule has 1 saturated heterocycles. The molecule has 0 bridgehead atoms. The summed E-state index contributed by atoms with van der Waals surface area (Å²) in [5.74, 6) is 0.314. The highest BCUT2D eigenvalue weighted by molar-refractivity contribution is 5.78. The van der Waals surface area contributed by atoms with Crippen LogP contribution in [0.15, 0.2) is 0 Å². The molecule has 116 valence electrons. The molecule has 0 radical (unpaired) electrons. The van der Waals surface area contributed by atoms with Crippen LogP contribution in [0, 0.1) is 5.41 Å². The van der Waals surface area contributed by atoms with E-state index in [0.29, 0.717) is 13.0 Å². The van der Waals surface area contributed by atoms with Gasteiger partial charge in [-0.05, 0) is 11.8 Å². The third-order valence-electron chi connectivity index (χ3n) is 3.35. The summed E-state index contributed by atoms with van der Waals surface area (Å²) >= 11 is 0. The van der Waals surface area contributed by atoms with Crippen molar-refractivity contribution in [1.82, 2.24) is 15.1 Å². The van der Waals surface area contributed by atoms with Crippen molar-refractivity contribution >= 4 is 11.8 Å². The molecule has 1 aliphatic rings. The van der Waals surface area contributed by atoms with Crippen LogP contribution in [0.3, 0.4) is 0 Å². The molecule has 0 aromatic rings. The summed E-state index contributed by atoms with van der Waals surface area (Å²) < 4.78 is 0. The molecule has 1 N–H and O–H groups in total. The Labute approximate surface area is 122 Å². The molecule has 5 heteroatoms. The molecule has 0 spiro atoms. The van der Waals surface area contributed by atoms with Crippen molar-refractivity contribution in [3.8, 4) is 0 Å². The van der Waals surface area contributed by atoms with Crippen LogP contribution in [-0.4, -0.2) is 60.9 Å². The number of hydrogen-bond acceptors (Lipinski definition) is 3. The van der Waals surface area contributed by atoms with E-state index in [4.69, 9.17) is 0 Å². The fourth-order valence-corrected chi connectivity index (χ4v) is 2.24. The lowest BCUT2D eigenvalue weighted by Gasteiger charge is -2.35. The number of piperazine rings is 1. The minimum Gasteiger partial charge on any atom is -0.355 e. The molecule has 0 saturated carbocycles. The molecule has 0 aromatic heterocycles. The van der Waals surface area contributed by atoms with Crippen LogP contribution in [0.5, 0.6) is 0 Å². The average molecular weight is 283 g/mol. The van der Waals surface area contributed by atoms with Gasteiger partial charge in [0, 0.05) is 39.1 Å². The van der Waals surface area contributed by atoms with Gasteiger partial charge in [0.25, 0.3) is 0 Å². The van der Waals surface area contributed by atoms with Gasteiger partial charge in [0.2, 0.25) is 11.8 Å². The molecule has 1 heterocycles. The maximum Gasteiger partial charge on any atom is 0.234 e. The first kappa shape index (κ1) is 17.0. The van der Waals surface area contributed by atoms with Crippen LogP contribution in [-0.2, 0) is 9.59 Å². The fourth-order valence-electron chi connectivity index (χ4n) is 2.24. The zero-order valence-corrected chi connectivity index (χ0v) is 13.4. The minimum atomic E-state index is 0.0360. The summed E-state index contributed by atoms with van der Waals surface area (Å²) in [7, 11) is 0. The molecule has 0 aliphatic carbocycles. The van der Waals surface area contributed by atoms with Gasteiger partial charge < -0.3 is 10.2 Å². The lowest BCUT2D eigenvalue weighted by molar-refractivity contribution is -0.135. The van der Waals surface area contributed by atoms with Gasteiger partial charge in [-0.3, -0.25) is 14.5 Å². The van der Waals surface area contributed by atoms with Crippen LogP contribution >= 0.6 is 0 Å². The number of amides is 2. The minimum absolute atomic E-state index is 0.0360. The smallest absolute Gasteiger partial charge is 0.234 e. The Bertz CT molecular complexity index is 329. The van der Waals surface area contributed by atoms with Gasteiger partial charge in [-0.15, -0.1) is 0 Å². The van der Waals surface area contributed by atoms with Crippen molar-refractivity contribution in [1.29, 1.82) is 0 Å². The first-order valence-corrected chi connectivity index (χ1v) is 7.58. The normalized spacial score (nSPS) is 17.1. The number of nitrogens with zero attached hydrogens (tertiary/aromatic N) is 2. The molecule has 20 heavy (non-hydrogen) atoms. The van der Waals surface area contributed by atoms with E-state index in [1.54, 1.807) is 0 Å². The van der Waals surface area contributed by atoms with Gasteiger partial charge >= 0.3 is 0 Å². The monoisotopic (exact) mass is 283 g/mol. The van der Waals surface area contributed by atoms with Gasteiger partial charge in [0.05, 0.1) is 6.54 Å². The van der Waals surface area contributed by atoms with Crippen molar-refractivity contribution in [3.63, 3.8) is 0 Å². The van der Waals surface area contributed by atoms with Crippen molar-refractivity contribution in [2.75, 3.05) is 39.3 Å². The van der Waals surface area contributed by atoms with Crippen LogP contribution in [0.1, 0.15) is 40.5 Å². The Kier molecular flexibility index (Phi) is 6.46.